The van der Waals surface area contributed by atoms with Gasteiger partial charge < -0.3 is 4.74 Å². The quantitative estimate of drug-likeness (QED) is 0.713. The lowest BCUT2D eigenvalue weighted by atomic mass is 10.0. The zero-order chi connectivity index (χ0) is 12.6. The predicted molar refractivity (Wildman–Crippen MR) is 67.6 cm³/mol. The third kappa shape index (κ3) is 6.23. The maximum absolute atomic E-state index is 9.96. The second kappa shape index (κ2) is 7.91. The van der Waals surface area contributed by atoms with Crippen LogP contribution in [0.25, 0.3) is 0 Å². The summed E-state index contributed by atoms with van der Waals surface area (Å²) in [4.78, 5) is 9.96. The Kier molecular flexibility index (Phi) is 7.27. The van der Waals surface area contributed by atoms with E-state index >= 15 is 0 Å². The fourth-order valence-electron chi connectivity index (χ4n) is 1.10. The first-order valence-electron chi connectivity index (χ1n) is 5.64. The second-order valence-corrected chi connectivity index (χ2v) is 4.00. The number of carbonyl (C=O) groups is 1. The van der Waals surface area contributed by atoms with Gasteiger partial charge in [0.15, 0.2) is 0 Å². The van der Waals surface area contributed by atoms with Crippen molar-refractivity contribution < 1.29 is 9.53 Å². The molecule has 0 aliphatic heterocycles. The van der Waals surface area contributed by atoms with Crippen molar-refractivity contribution in [2.75, 3.05) is 7.11 Å². The van der Waals surface area contributed by atoms with E-state index in [-0.39, 0.29) is 5.97 Å². The van der Waals surface area contributed by atoms with Crippen LogP contribution in [0.2, 0.25) is 0 Å². The normalized spacial score (nSPS) is 9.38. The van der Waals surface area contributed by atoms with Gasteiger partial charge in [-0.2, -0.15) is 0 Å². The first-order valence-corrected chi connectivity index (χ1v) is 5.64. The van der Waals surface area contributed by atoms with Crippen LogP contribution < -0.4 is 0 Å². The number of benzene rings is 1. The first kappa shape index (κ1) is 14.7. The van der Waals surface area contributed by atoms with Gasteiger partial charge in [0, 0.05) is 6.42 Å². The average Bonchev–Trinajstić information content (AvgIpc) is 2.29. The molecule has 0 aliphatic carbocycles. The van der Waals surface area contributed by atoms with E-state index in [9.17, 15) is 4.79 Å². The molecular formula is C14H22O2. The number of hydrogen-bond acceptors (Lipinski definition) is 2. The number of rotatable bonds is 2. The number of hydrogen-bond donors (Lipinski definition) is 0. The minimum atomic E-state index is -0.157. The highest BCUT2D eigenvalue weighted by Crippen LogP contribution is 2.13. The SMILES string of the molecule is CCC(=O)OC.Cc1ccc(C(C)C)cc1. The van der Waals surface area contributed by atoms with Gasteiger partial charge in [-0.3, -0.25) is 4.79 Å². The summed E-state index contributed by atoms with van der Waals surface area (Å²) in [5.74, 6) is 0.496. The zero-order valence-corrected chi connectivity index (χ0v) is 10.9. The number of aryl methyl sites for hydroxylation is 1. The molecule has 0 radical (unpaired) electrons. The Morgan fingerprint density at radius 1 is 1.25 bits per heavy atom. The topological polar surface area (TPSA) is 26.3 Å². The Morgan fingerprint density at radius 2 is 1.75 bits per heavy atom. The van der Waals surface area contributed by atoms with Crippen molar-refractivity contribution in [3.05, 3.63) is 35.4 Å². The van der Waals surface area contributed by atoms with Crippen molar-refractivity contribution in [1.82, 2.24) is 0 Å². The summed E-state index contributed by atoms with van der Waals surface area (Å²) in [5.41, 5.74) is 2.76. The van der Waals surface area contributed by atoms with Gasteiger partial charge >= 0.3 is 5.97 Å². The molecule has 0 amide bonds. The van der Waals surface area contributed by atoms with Gasteiger partial charge in [0.2, 0.25) is 0 Å². The van der Waals surface area contributed by atoms with E-state index in [4.69, 9.17) is 0 Å². The lowest BCUT2D eigenvalue weighted by Gasteiger charge is -2.03. The van der Waals surface area contributed by atoms with Crippen LogP contribution >= 0.6 is 0 Å². The van der Waals surface area contributed by atoms with Crippen LogP contribution in [-0.2, 0) is 9.53 Å². The molecule has 0 saturated heterocycles. The minimum absolute atomic E-state index is 0.157. The van der Waals surface area contributed by atoms with Gasteiger partial charge in [0.25, 0.3) is 0 Å². The van der Waals surface area contributed by atoms with Crippen molar-refractivity contribution in [2.45, 2.75) is 40.0 Å². The standard InChI is InChI=1S/C10H14.C4H8O2/c1-8(2)10-6-4-9(3)5-7-10;1-3-4(5)6-2/h4-8H,1-3H3;3H2,1-2H3. The third-order valence-electron chi connectivity index (χ3n) is 2.26. The van der Waals surface area contributed by atoms with Crippen molar-refractivity contribution in [1.29, 1.82) is 0 Å². The molecule has 0 spiro atoms. The fraction of sp³-hybridized carbons (Fsp3) is 0.500. The summed E-state index contributed by atoms with van der Waals surface area (Å²) in [6.45, 7) is 8.30. The summed E-state index contributed by atoms with van der Waals surface area (Å²) in [5, 5.41) is 0. The van der Waals surface area contributed by atoms with E-state index in [0.717, 1.165) is 0 Å². The molecule has 16 heavy (non-hydrogen) atoms. The molecule has 2 nitrogen and oxygen atoms in total. The molecular weight excluding hydrogens is 200 g/mol. The predicted octanol–water partition coefficient (Wildman–Crippen LogP) is 3.69. The maximum Gasteiger partial charge on any atom is 0.305 e. The van der Waals surface area contributed by atoms with Crippen molar-refractivity contribution >= 4 is 5.97 Å². The van der Waals surface area contributed by atoms with Crippen molar-refractivity contribution in [2.24, 2.45) is 0 Å². The van der Waals surface area contributed by atoms with Crippen LogP contribution in [0.5, 0.6) is 0 Å². The molecule has 1 rings (SSSR count). The van der Waals surface area contributed by atoms with Gasteiger partial charge in [-0.1, -0.05) is 50.6 Å². The van der Waals surface area contributed by atoms with Gasteiger partial charge in [0.05, 0.1) is 7.11 Å². The van der Waals surface area contributed by atoms with Crippen LogP contribution in [-0.4, -0.2) is 13.1 Å². The number of carbonyl (C=O) groups excluding carboxylic acids is 1. The lowest BCUT2D eigenvalue weighted by molar-refractivity contribution is -0.140. The Morgan fingerprint density at radius 3 is 2.00 bits per heavy atom. The molecule has 0 aromatic heterocycles. The van der Waals surface area contributed by atoms with Crippen LogP contribution in [0.1, 0.15) is 44.2 Å². The smallest absolute Gasteiger partial charge is 0.305 e. The van der Waals surface area contributed by atoms with E-state index < -0.39 is 0 Å². The molecule has 0 unspecified atom stereocenters. The molecule has 1 aromatic rings. The second-order valence-electron chi connectivity index (χ2n) is 4.00. The van der Waals surface area contributed by atoms with Crippen LogP contribution in [0.4, 0.5) is 0 Å². The minimum Gasteiger partial charge on any atom is -0.469 e. The molecule has 0 aliphatic rings. The first-order chi connectivity index (χ1) is 7.51. The maximum atomic E-state index is 9.96. The zero-order valence-electron chi connectivity index (χ0n) is 10.9. The Labute approximate surface area is 98.6 Å². The molecule has 0 fully saturated rings. The van der Waals surface area contributed by atoms with E-state index in [2.05, 4.69) is 49.8 Å². The highest BCUT2D eigenvalue weighted by Gasteiger charge is 1.95. The van der Waals surface area contributed by atoms with Gasteiger partial charge in [-0.05, 0) is 18.4 Å². The van der Waals surface area contributed by atoms with E-state index in [0.29, 0.717) is 12.3 Å². The van der Waals surface area contributed by atoms with Gasteiger partial charge in [-0.25, -0.2) is 0 Å². The van der Waals surface area contributed by atoms with Crippen LogP contribution in [0.15, 0.2) is 24.3 Å². The molecule has 0 saturated carbocycles. The Hall–Kier alpha value is -1.31. The van der Waals surface area contributed by atoms with E-state index in [1.165, 1.54) is 18.2 Å². The molecule has 2 heteroatoms. The van der Waals surface area contributed by atoms with Crippen molar-refractivity contribution in [3.8, 4) is 0 Å². The molecule has 0 heterocycles. The Bertz CT molecular complexity index is 293. The molecule has 0 bridgehead atoms. The van der Waals surface area contributed by atoms with E-state index in [1.54, 1.807) is 6.92 Å². The van der Waals surface area contributed by atoms with E-state index in [1.807, 2.05) is 0 Å². The number of methoxy groups -OCH3 is 1. The summed E-state index contributed by atoms with van der Waals surface area (Å²) in [6, 6.07) is 8.71. The highest BCUT2D eigenvalue weighted by molar-refractivity contribution is 5.68. The van der Waals surface area contributed by atoms with Gasteiger partial charge in [0.1, 0.15) is 0 Å². The monoisotopic (exact) mass is 222 g/mol. The molecule has 1 aromatic carbocycles. The lowest BCUT2D eigenvalue weighted by Crippen LogP contribution is -1.94. The summed E-state index contributed by atoms with van der Waals surface area (Å²) < 4.78 is 4.26. The highest BCUT2D eigenvalue weighted by atomic mass is 16.5. The van der Waals surface area contributed by atoms with Crippen LogP contribution in [0, 0.1) is 6.92 Å². The Balaban J connectivity index is 0.000000325. The summed E-state index contributed by atoms with van der Waals surface area (Å²) in [7, 11) is 1.38. The van der Waals surface area contributed by atoms with Crippen LogP contribution in [0.3, 0.4) is 0 Å². The molecule has 90 valence electrons. The fourth-order valence-corrected chi connectivity index (χ4v) is 1.10. The van der Waals surface area contributed by atoms with Crippen molar-refractivity contribution in [3.63, 3.8) is 0 Å². The summed E-state index contributed by atoms with van der Waals surface area (Å²) >= 11 is 0. The number of ether oxygens (including phenoxy) is 1. The molecule has 0 N–H and O–H groups in total. The molecule has 0 atom stereocenters. The van der Waals surface area contributed by atoms with Gasteiger partial charge in [-0.15, -0.1) is 0 Å². The number of esters is 1. The average molecular weight is 222 g/mol. The summed E-state index contributed by atoms with van der Waals surface area (Å²) in [6.07, 6.45) is 0.469. The third-order valence-corrected chi connectivity index (χ3v) is 2.26. The largest absolute Gasteiger partial charge is 0.469 e.